The molecule has 1 amide bonds. The second-order valence-corrected chi connectivity index (χ2v) is 4.97. The lowest BCUT2D eigenvalue weighted by Crippen LogP contribution is -2.23. The summed E-state index contributed by atoms with van der Waals surface area (Å²) < 4.78 is 12.9. The number of halogens is 1. The van der Waals surface area contributed by atoms with Crippen LogP contribution in [0.2, 0.25) is 0 Å². The minimum atomic E-state index is -0.282. The average Bonchev–Trinajstić information content (AvgIpc) is 2.80. The van der Waals surface area contributed by atoms with E-state index >= 15 is 0 Å². The molecule has 0 saturated heterocycles. The number of benzene rings is 1. The van der Waals surface area contributed by atoms with E-state index in [1.165, 1.54) is 23.5 Å². The Hall–Kier alpha value is -1.95. The van der Waals surface area contributed by atoms with Crippen LogP contribution in [0.25, 0.3) is 0 Å². The molecule has 0 aliphatic rings. The van der Waals surface area contributed by atoms with Crippen LogP contribution in [0.5, 0.6) is 0 Å². The molecule has 0 aliphatic heterocycles. The van der Waals surface area contributed by atoms with Crippen LogP contribution in [0.3, 0.4) is 0 Å². The molecule has 0 bridgehead atoms. The summed E-state index contributed by atoms with van der Waals surface area (Å²) in [6.45, 7) is 0.371. The largest absolute Gasteiger partial charge is 0.375 e. The number of nitrogens with zero attached hydrogens (tertiary/aromatic N) is 1. The van der Waals surface area contributed by atoms with Gasteiger partial charge in [-0.25, -0.2) is 9.37 Å². The fourth-order valence-corrected chi connectivity index (χ4v) is 2.19. The Morgan fingerprint density at radius 3 is 3.00 bits per heavy atom. The van der Waals surface area contributed by atoms with Crippen molar-refractivity contribution < 1.29 is 9.18 Å². The molecular weight excluding hydrogens is 265 g/mol. The first-order chi connectivity index (χ1) is 9.13. The van der Waals surface area contributed by atoms with Gasteiger partial charge in [-0.05, 0) is 24.1 Å². The van der Waals surface area contributed by atoms with Crippen molar-refractivity contribution in [2.75, 3.05) is 5.73 Å². The maximum Gasteiger partial charge on any atom is 0.220 e. The van der Waals surface area contributed by atoms with Crippen molar-refractivity contribution in [3.63, 3.8) is 0 Å². The zero-order chi connectivity index (χ0) is 13.7. The Labute approximate surface area is 114 Å². The summed E-state index contributed by atoms with van der Waals surface area (Å²) >= 11 is 1.34. The number of hydrogen-bond acceptors (Lipinski definition) is 4. The summed E-state index contributed by atoms with van der Waals surface area (Å²) in [4.78, 5) is 15.7. The van der Waals surface area contributed by atoms with Gasteiger partial charge in [0.05, 0.1) is 12.2 Å². The monoisotopic (exact) mass is 279 g/mol. The fourth-order valence-electron chi connectivity index (χ4n) is 1.63. The second-order valence-electron chi connectivity index (χ2n) is 4.08. The first-order valence-corrected chi connectivity index (χ1v) is 6.72. The minimum absolute atomic E-state index is 0.0872. The molecule has 6 heteroatoms. The molecule has 19 heavy (non-hydrogen) atoms. The third-order valence-electron chi connectivity index (χ3n) is 2.57. The summed E-state index contributed by atoms with van der Waals surface area (Å²) in [5, 5.41) is 5.05. The van der Waals surface area contributed by atoms with Crippen LogP contribution in [0.15, 0.2) is 29.6 Å². The number of hydrogen-bond donors (Lipinski definition) is 2. The molecule has 1 heterocycles. The van der Waals surface area contributed by atoms with Gasteiger partial charge in [0.25, 0.3) is 0 Å². The Morgan fingerprint density at radius 2 is 2.32 bits per heavy atom. The van der Waals surface area contributed by atoms with Gasteiger partial charge in [-0.1, -0.05) is 12.1 Å². The highest BCUT2D eigenvalue weighted by molar-refractivity contribution is 7.13. The van der Waals surface area contributed by atoms with Crippen LogP contribution in [0, 0.1) is 5.82 Å². The maximum atomic E-state index is 12.9. The smallest absolute Gasteiger partial charge is 0.220 e. The van der Waals surface area contributed by atoms with Gasteiger partial charge in [-0.2, -0.15) is 0 Å². The van der Waals surface area contributed by atoms with E-state index in [0.29, 0.717) is 24.5 Å². The lowest BCUT2D eigenvalue weighted by atomic mass is 10.1. The number of nitrogens with one attached hydrogen (secondary N) is 1. The highest BCUT2D eigenvalue weighted by Gasteiger charge is 2.04. The summed E-state index contributed by atoms with van der Waals surface area (Å²) in [5.74, 6) is -0.369. The molecule has 2 aromatic rings. The fraction of sp³-hybridized carbons (Fsp3) is 0.231. The minimum Gasteiger partial charge on any atom is -0.375 e. The SMILES string of the molecule is Nc1nc(CNC(=O)CCc2cccc(F)c2)cs1. The zero-order valence-electron chi connectivity index (χ0n) is 10.2. The molecule has 0 aliphatic carbocycles. The number of carbonyl (C=O) groups excluding carboxylic acids is 1. The van der Waals surface area contributed by atoms with Crippen molar-refractivity contribution in [1.29, 1.82) is 0 Å². The molecule has 0 atom stereocenters. The third kappa shape index (κ3) is 4.33. The number of carbonyl (C=O) groups is 1. The summed E-state index contributed by atoms with van der Waals surface area (Å²) in [7, 11) is 0. The molecule has 2 rings (SSSR count). The number of nitrogen functional groups attached to an aromatic ring is 1. The highest BCUT2D eigenvalue weighted by Crippen LogP contribution is 2.10. The number of anilines is 1. The molecule has 0 spiro atoms. The predicted molar refractivity (Wildman–Crippen MR) is 73.1 cm³/mol. The molecule has 1 aromatic carbocycles. The van der Waals surface area contributed by atoms with Crippen molar-refractivity contribution in [3.05, 3.63) is 46.7 Å². The number of thiazole rings is 1. The molecule has 0 radical (unpaired) electrons. The van der Waals surface area contributed by atoms with Gasteiger partial charge >= 0.3 is 0 Å². The van der Waals surface area contributed by atoms with E-state index in [-0.39, 0.29) is 11.7 Å². The Morgan fingerprint density at radius 1 is 1.47 bits per heavy atom. The standard InChI is InChI=1S/C13H14FN3OS/c14-10-3-1-2-9(6-10)4-5-12(18)16-7-11-8-19-13(15)17-11/h1-3,6,8H,4-5,7H2,(H2,15,17)(H,16,18). The zero-order valence-corrected chi connectivity index (χ0v) is 11.0. The second kappa shape index (κ2) is 6.29. The van der Waals surface area contributed by atoms with Crippen LogP contribution in [-0.2, 0) is 17.8 Å². The molecule has 0 unspecified atom stereocenters. The number of amides is 1. The molecule has 0 fully saturated rings. The van der Waals surface area contributed by atoms with Gasteiger partial charge in [0.15, 0.2) is 5.13 Å². The summed E-state index contributed by atoms with van der Waals surface area (Å²) in [6, 6.07) is 6.27. The van der Waals surface area contributed by atoms with E-state index < -0.39 is 0 Å². The van der Waals surface area contributed by atoms with Gasteiger partial charge in [-0.3, -0.25) is 4.79 Å². The molecule has 4 nitrogen and oxygen atoms in total. The van der Waals surface area contributed by atoms with Crippen molar-refractivity contribution in [2.24, 2.45) is 0 Å². The van der Waals surface area contributed by atoms with E-state index in [1.807, 2.05) is 5.38 Å². The van der Waals surface area contributed by atoms with E-state index in [0.717, 1.165) is 11.3 Å². The number of nitrogens with two attached hydrogens (primary N) is 1. The van der Waals surface area contributed by atoms with Crippen molar-refractivity contribution >= 4 is 22.4 Å². The lowest BCUT2D eigenvalue weighted by molar-refractivity contribution is -0.121. The van der Waals surface area contributed by atoms with E-state index in [9.17, 15) is 9.18 Å². The Bertz CT molecular complexity index is 571. The quantitative estimate of drug-likeness (QED) is 0.881. The Balaban J connectivity index is 1.75. The molecule has 100 valence electrons. The number of rotatable bonds is 5. The van der Waals surface area contributed by atoms with Gasteiger partial charge in [-0.15, -0.1) is 11.3 Å². The van der Waals surface area contributed by atoms with Gasteiger partial charge < -0.3 is 11.1 Å². The van der Waals surface area contributed by atoms with Gasteiger partial charge in [0, 0.05) is 11.8 Å². The normalized spacial score (nSPS) is 10.4. The summed E-state index contributed by atoms with van der Waals surface area (Å²) in [5.41, 5.74) is 7.06. The van der Waals surface area contributed by atoms with Crippen molar-refractivity contribution in [1.82, 2.24) is 10.3 Å². The lowest BCUT2D eigenvalue weighted by Gasteiger charge is -2.03. The first-order valence-electron chi connectivity index (χ1n) is 5.84. The summed E-state index contributed by atoms with van der Waals surface area (Å²) in [6.07, 6.45) is 0.839. The van der Waals surface area contributed by atoms with Crippen LogP contribution in [0.4, 0.5) is 9.52 Å². The van der Waals surface area contributed by atoms with Crippen LogP contribution in [0.1, 0.15) is 17.7 Å². The molecule has 3 N–H and O–H groups in total. The van der Waals surface area contributed by atoms with Crippen molar-refractivity contribution in [3.8, 4) is 0 Å². The van der Waals surface area contributed by atoms with Gasteiger partial charge in [0.1, 0.15) is 5.82 Å². The number of aryl methyl sites for hydroxylation is 1. The topological polar surface area (TPSA) is 68.0 Å². The Kier molecular flexibility index (Phi) is 4.46. The van der Waals surface area contributed by atoms with Crippen LogP contribution >= 0.6 is 11.3 Å². The van der Waals surface area contributed by atoms with Gasteiger partial charge in [0.2, 0.25) is 5.91 Å². The van der Waals surface area contributed by atoms with Crippen LogP contribution < -0.4 is 11.1 Å². The van der Waals surface area contributed by atoms with E-state index in [1.54, 1.807) is 12.1 Å². The molecule has 0 saturated carbocycles. The molecular formula is C13H14FN3OS. The number of aromatic nitrogens is 1. The van der Waals surface area contributed by atoms with Crippen molar-refractivity contribution in [2.45, 2.75) is 19.4 Å². The first kappa shape index (κ1) is 13.5. The predicted octanol–water partition coefficient (Wildman–Crippen LogP) is 2.11. The average molecular weight is 279 g/mol. The van der Waals surface area contributed by atoms with E-state index in [2.05, 4.69) is 10.3 Å². The highest BCUT2D eigenvalue weighted by atomic mass is 32.1. The van der Waals surface area contributed by atoms with E-state index in [4.69, 9.17) is 5.73 Å². The molecule has 1 aromatic heterocycles. The maximum absolute atomic E-state index is 12.9. The third-order valence-corrected chi connectivity index (χ3v) is 3.29. The van der Waals surface area contributed by atoms with Crippen LogP contribution in [-0.4, -0.2) is 10.9 Å².